The maximum absolute atomic E-state index is 13.3. The van der Waals surface area contributed by atoms with Gasteiger partial charge in [0.05, 0.1) is 24.2 Å². The number of benzene rings is 2. The summed E-state index contributed by atoms with van der Waals surface area (Å²) in [5.41, 5.74) is 7.98. The summed E-state index contributed by atoms with van der Waals surface area (Å²) in [7, 11) is 3.38. The minimum Gasteiger partial charge on any atom is -0.495 e. The van der Waals surface area contributed by atoms with E-state index in [1.165, 1.54) is 12.1 Å². The second kappa shape index (κ2) is 4.96. The lowest BCUT2D eigenvalue weighted by Gasteiger charge is -2.23. The summed E-state index contributed by atoms with van der Waals surface area (Å²) in [6, 6.07) is 11.8. The summed E-state index contributed by atoms with van der Waals surface area (Å²) >= 11 is 0. The first-order chi connectivity index (χ1) is 8.63. The third-order valence-corrected chi connectivity index (χ3v) is 2.80. The Hall–Kier alpha value is -2.23. The average Bonchev–Trinajstić information content (AvgIpc) is 2.38. The first kappa shape index (κ1) is 12.2. The van der Waals surface area contributed by atoms with Gasteiger partial charge in [-0.25, -0.2) is 4.39 Å². The van der Waals surface area contributed by atoms with E-state index in [4.69, 9.17) is 10.5 Å². The number of rotatable bonds is 3. The minimum absolute atomic E-state index is 0.313. The van der Waals surface area contributed by atoms with Crippen LogP contribution < -0.4 is 15.4 Å². The van der Waals surface area contributed by atoms with Gasteiger partial charge in [0, 0.05) is 13.1 Å². The highest BCUT2D eigenvalue weighted by atomic mass is 19.1. The zero-order valence-corrected chi connectivity index (χ0v) is 10.4. The molecule has 2 aromatic rings. The maximum Gasteiger partial charge on any atom is 0.142 e. The highest BCUT2D eigenvalue weighted by molar-refractivity contribution is 5.77. The molecule has 94 valence electrons. The van der Waals surface area contributed by atoms with Gasteiger partial charge in [-0.15, -0.1) is 0 Å². The summed E-state index contributed by atoms with van der Waals surface area (Å²) in [6.45, 7) is 0. The van der Waals surface area contributed by atoms with Crippen molar-refractivity contribution in [2.24, 2.45) is 0 Å². The van der Waals surface area contributed by atoms with Crippen molar-refractivity contribution < 1.29 is 9.13 Å². The number of hydrogen-bond donors (Lipinski definition) is 1. The highest BCUT2D eigenvalue weighted by Crippen LogP contribution is 2.35. The molecule has 0 radical (unpaired) electrons. The summed E-state index contributed by atoms with van der Waals surface area (Å²) in [5, 5.41) is 0. The minimum atomic E-state index is -0.313. The number of nitrogen functional groups attached to an aromatic ring is 1. The Bertz CT molecular complexity index is 557. The first-order valence-electron chi connectivity index (χ1n) is 5.55. The monoisotopic (exact) mass is 246 g/mol. The van der Waals surface area contributed by atoms with Crippen LogP contribution in [0, 0.1) is 5.82 Å². The first-order valence-corrected chi connectivity index (χ1v) is 5.55. The third-order valence-electron chi connectivity index (χ3n) is 2.80. The maximum atomic E-state index is 13.3. The van der Waals surface area contributed by atoms with E-state index in [1.54, 1.807) is 24.1 Å². The lowest BCUT2D eigenvalue weighted by Crippen LogP contribution is -2.12. The molecule has 0 aliphatic rings. The Morgan fingerprint density at radius 2 is 1.83 bits per heavy atom. The van der Waals surface area contributed by atoms with Gasteiger partial charge in [0.2, 0.25) is 0 Å². The van der Waals surface area contributed by atoms with Gasteiger partial charge in [-0.05, 0) is 24.3 Å². The lowest BCUT2D eigenvalue weighted by molar-refractivity contribution is 0.414. The molecular formula is C14H15FN2O. The van der Waals surface area contributed by atoms with Crippen LogP contribution >= 0.6 is 0 Å². The van der Waals surface area contributed by atoms with Crippen LogP contribution in [0.25, 0.3) is 0 Å². The molecule has 2 N–H and O–H groups in total. The molecule has 0 aliphatic heterocycles. The van der Waals surface area contributed by atoms with E-state index in [9.17, 15) is 4.39 Å². The number of hydrogen-bond acceptors (Lipinski definition) is 3. The summed E-state index contributed by atoms with van der Waals surface area (Å²) in [6.07, 6.45) is 0. The second-order valence-electron chi connectivity index (χ2n) is 3.93. The van der Waals surface area contributed by atoms with E-state index in [2.05, 4.69) is 0 Å². The smallest absolute Gasteiger partial charge is 0.142 e. The molecule has 2 rings (SSSR count). The summed E-state index contributed by atoms with van der Waals surface area (Å²) in [4.78, 5) is 1.80. The molecule has 2 aromatic carbocycles. The van der Waals surface area contributed by atoms with Gasteiger partial charge < -0.3 is 15.4 Å². The molecule has 3 nitrogen and oxygen atoms in total. The lowest BCUT2D eigenvalue weighted by atomic mass is 10.2. The van der Waals surface area contributed by atoms with Crippen LogP contribution in [0.3, 0.4) is 0 Å². The molecule has 0 saturated carbocycles. The molecule has 18 heavy (non-hydrogen) atoms. The SMILES string of the molecule is COc1ccc(F)cc1N(C)c1ccccc1N. The Labute approximate surface area is 106 Å². The van der Waals surface area contributed by atoms with E-state index >= 15 is 0 Å². The van der Waals surface area contributed by atoms with Crippen LogP contribution in [-0.4, -0.2) is 14.2 Å². The number of nitrogens with two attached hydrogens (primary N) is 1. The van der Waals surface area contributed by atoms with Crippen molar-refractivity contribution in [3.05, 3.63) is 48.3 Å². The number of para-hydroxylation sites is 2. The number of methoxy groups -OCH3 is 1. The van der Waals surface area contributed by atoms with E-state index in [0.717, 1.165) is 5.69 Å². The van der Waals surface area contributed by atoms with Crippen LogP contribution in [0.2, 0.25) is 0 Å². The molecule has 0 unspecified atom stereocenters. The van der Waals surface area contributed by atoms with Crippen LogP contribution in [0.1, 0.15) is 0 Å². The molecule has 0 heterocycles. The Balaban J connectivity index is 2.48. The third kappa shape index (κ3) is 2.22. The molecule has 0 atom stereocenters. The zero-order valence-electron chi connectivity index (χ0n) is 10.4. The largest absolute Gasteiger partial charge is 0.495 e. The van der Waals surface area contributed by atoms with Crippen molar-refractivity contribution in [3.63, 3.8) is 0 Å². The fourth-order valence-corrected chi connectivity index (χ4v) is 1.85. The van der Waals surface area contributed by atoms with Crippen LogP contribution in [0.15, 0.2) is 42.5 Å². The standard InChI is InChI=1S/C14H15FN2O/c1-17(12-6-4-3-5-11(12)16)13-9-10(15)7-8-14(13)18-2/h3-9H,16H2,1-2H3. The van der Waals surface area contributed by atoms with Crippen molar-refractivity contribution >= 4 is 17.1 Å². The van der Waals surface area contributed by atoms with E-state index in [0.29, 0.717) is 17.1 Å². The Morgan fingerprint density at radius 1 is 1.11 bits per heavy atom. The van der Waals surface area contributed by atoms with Gasteiger partial charge in [-0.3, -0.25) is 0 Å². The van der Waals surface area contributed by atoms with Crippen molar-refractivity contribution in [2.45, 2.75) is 0 Å². The highest BCUT2D eigenvalue weighted by Gasteiger charge is 2.12. The van der Waals surface area contributed by atoms with Crippen LogP contribution in [0.5, 0.6) is 5.75 Å². The average molecular weight is 246 g/mol. The van der Waals surface area contributed by atoms with Gasteiger partial charge in [0.25, 0.3) is 0 Å². The fraction of sp³-hybridized carbons (Fsp3) is 0.143. The van der Waals surface area contributed by atoms with Crippen LogP contribution in [0.4, 0.5) is 21.5 Å². The van der Waals surface area contributed by atoms with Gasteiger partial charge in [0.1, 0.15) is 11.6 Å². The number of halogens is 1. The fourth-order valence-electron chi connectivity index (χ4n) is 1.85. The van der Waals surface area contributed by atoms with E-state index in [1.807, 2.05) is 25.2 Å². The molecule has 0 spiro atoms. The Morgan fingerprint density at radius 3 is 2.50 bits per heavy atom. The van der Waals surface area contributed by atoms with Crippen molar-refractivity contribution in [3.8, 4) is 5.75 Å². The number of ether oxygens (including phenoxy) is 1. The number of nitrogens with zero attached hydrogens (tertiary/aromatic N) is 1. The van der Waals surface area contributed by atoms with E-state index in [-0.39, 0.29) is 5.82 Å². The quantitative estimate of drug-likeness (QED) is 0.845. The summed E-state index contributed by atoms with van der Waals surface area (Å²) < 4.78 is 18.6. The molecule has 0 fully saturated rings. The van der Waals surface area contributed by atoms with Gasteiger partial charge in [-0.1, -0.05) is 12.1 Å². The molecule has 0 aromatic heterocycles. The van der Waals surface area contributed by atoms with E-state index < -0.39 is 0 Å². The molecule has 0 bridgehead atoms. The van der Waals surface area contributed by atoms with Crippen molar-refractivity contribution in [2.75, 3.05) is 24.8 Å². The predicted molar refractivity (Wildman–Crippen MR) is 71.9 cm³/mol. The topological polar surface area (TPSA) is 38.5 Å². The van der Waals surface area contributed by atoms with Gasteiger partial charge >= 0.3 is 0 Å². The molecule has 0 amide bonds. The predicted octanol–water partition coefficient (Wildman–Crippen LogP) is 3.18. The van der Waals surface area contributed by atoms with Crippen LogP contribution in [-0.2, 0) is 0 Å². The van der Waals surface area contributed by atoms with Crippen molar-refractivity contribution in [1.82, 2.24) is 0 Å². The molecule has 4 heteroatoms. The molecular weight excluding hydrogens is 231 g/mol. The molecule has 0 saturated heterocycles. The Kier molecular flexibility index (Phi) is 3.37. The normalized spacial score (nSPS) is 10.2. The van der Waals surface area contributed by atoms with Crippen molar-refractivity contribution in [1.29, 1.82) is 0 Å². The molecule has 0 aliphatic carbocycles. The van der Waals surface area contributed by atoms with Gasteiger partial charge in [0.15, 0.2) is 0 Å². The van der Waals surface area contributed by atoms with Gasteiger partial charge in [-0.2, -0.15) is 0 Å². The zero-order chi connectivity index (χ0) is 13.1. The summed E-state index contributed by atoms with van der Waals surface area (Å²) in [5.74, 6) is 0.286. The number of anilines is 3. The second-order valence-corrected chi connectivity index (χ2v) is 3.93.